The Hall–Kier alpha value is -2.52. The molecule has 1 N–H and O–H groups in total. The zero-order valence-corrected chi connectivity index (χ0v) is 21.4. The molecule has 4 nitrogen and oxygen atoms in total. The first kappa shape index (κ1) is 27.1. The van der Waals surface area contributed by atoms with E-state index >= 15 is 0 Å². The highest BCUT2D eigenvalue weighted by molar-refractivity contribution is 5.86. The number of hydrogen-bond donors (Lipinski definition) is 1. The van der Waals surface area contributed by atoms with Crippen molar-refractivity contribution < 1.29 is 31.5 Å². The van der Waals surface area contributed by atoms with Gasteiger partial charge in [-0.15, -0.1) is 0 Å². The van der Waals surface area contributed by atoms with Gasteiger partial charge in [0.05, 0.1) is 18.2 Å². The van der Waals surface area contributed by atoms with E-state index < -0.39 is 29.2 Å². The normalized spacial score (nSPS) is 26.2. The molecule has 1 amide bonds. The van der Waals surface area contributed by atoms with Crippen LogP contribution in [-0.2, 0) is 15.7 Å². The lowest BCUT2D eigenvalue weighted by molar-refractivity contribution is -0.166. The molecule has 206 valence electrons. The second-order valence-corrected chi connectivity index (χ2v) is 11.0. The Labute approximate surface area is 219 Å². The minimum atomic E-state index is -4.68. The molecule has 0 bridgehead atoms. The van der Waals surface area contributed by atoms with Gasteiger partial charge in [0.15, 0.2) is 0 Å². The molecule has 0 spiro atoms. The molecular weight excluding hydrogens is 503 g/mol. The van der Waals surface area contributed by atoms with Crippen LogP contribution in [0.1, 0.15) is 74.1 Å². The largest absolute Gasteiger partial charge is 0.416 e. The smallest absolute Gasteiger partial charge is 0.363 e. The highest BCUT2D eigenvalue weighted by Crippen LogP contribution is 2.47. The maximum Gasteiger partial charge on any atom is 0.416 e. The van der Waals surface area contributed by atoms with Crippen molar-refractivity contribution in [2.75, 3.05) is 19.7 Å². The first-order valence-corrected chi connectivity index (χ1v) is 13.4. The highest BCUT2D eigenvalue weighted by Gasteiger charge is 2.54. The number of amides is 1. The van der Waals surface area contributed by atoms with Crippen LogP contribution in [0.2, 0.25) is 0 Å². The van der Waals surface area contributed by atoms with Gasteiger partial charge in [0, 0.05) is 6.04 Å². The lowest BCUT2D eigenvalue weighted by Crippen LogP contribution is -2.57. The zero-order chi connectivity index (χ0) is 27.1. The predicted octanol–water partition coefficient (Wildman–Crippen LogP) is 6.37. The van der Waals surface area contributed by atoms with Crippen LogP contribution in [-0.4, -0.2) is 42.1 Å². The van der Waals surface area contributed by atoms with Crippen molar-refractivity contribution >= 4 is 5.91 Å². The number of nitrogens with one attached hydrogen (secondary N) is 1. The van der Waals surface area contributed by atoms with Crippen molar-refractivity contribution in [1.29, 1.82) is 0 Å². The van der Waals surface area contributed by atoms with Crippen LogP contribution in [0.3, 0.4) is 0 Å². The van der Waals surface area contributed by atoms with Gasteiger partial charge in [-0.3, -0.25) is 9.69 Å². The molecule has 1 saturated carbocycles. The summed E-state index contributed by atoms with van der Waals surface area (Å²) in [5.41, 5.74) is -0.859. The third-order valence-electron chi connectivity index (χ3n) is 8.49. The molecule has 5 rings (SSSR count). The maximum atomic E-state index is 13.9. The van der Waals surface area contributed by atoms with Crippen LogP contribution in [0.5, 0.6) is 0 Å². The van der Waals surface area contributed by atoms with Gasteiger partial charge in [0.2, 0.25) is 0 Å². The molecule has 2 heterocycles. The molecular formula is C29H33F5N2O2. The van der Waals surface area contributed by atoms with Crippen LogP contribution in [0, 0.1) is 17.6 Å². The van der Waals surface area contributed by atoms with Gasteiger partial charge < -0.3 is 10.1 Å². The second kappa shape index (κ2) is 10.6. The summed E-state index contributed by atoms with van der Waals surface area (Å²) < 4.78 is 73.0. The van der Waals surface area contributed by atoms with Gasteiger partial charge in [0.25, 0.3) is 5.91 Å². The van der Waals surface area contributed by atoms with Crippen molar-refractivity contribution in [1.82, 2.24) is 10.2 Å². The van der Waals surface area contributed by atoms with Gasteiger partial charge in [-0.1, -0.05) is 12.1 Å². The minimum absolute atomic E-state index is 0.0642. The van der Waals surface area contributed by atoms with E-state index in [1.54, 1.807) is 6.92 Å². The highest BCUT2D eigenvalue weighted by atomic mass is 19.4. The summed E-state index contributed by atoms with van der Waals surface area (Å²) in [6.07, 6.45) is 0.336. The molecule has 2 saturated heterocycles. The van der Waals surface area contributed by atoms with E-state index in [0.29, 0.717) is 25.0 Å². The summed E-state index contributed by atoms with van der Waals surface area (Å²) >= 11 is 0. The Morgan fingerprint density at radius 1 is 1.00 bits per heavy atom. The average Bonchev–Trinajstić information content (AvgIpc) is 3.74. The molecule has 3 fully saturated rings. The predicted molar refractivity (Wildman–Crippen MR) is 132 cm³/mol. The van der Waals surface area contributed by atoms with Crippen molar-refractivity contribution in [3.8, 4) is 0 Å². The van der Waals surface area contributed by atoms with Crippen molar-refractivity contribution in [3.63, 3.8) is 0 Å². The van der Waals surface area contributed by atoms with E-state index in [0.717, 1.165) is 62.9 Å². The minimum Gasteiger partial charge on any atom is -0.363 e. The molecule has 1 unspecified atom stereocenters. The van der Waals surface area contributed by atoms with Crippen LogP contribution < -0.4 is 5.32 Å². The molecule has 38 heavy (non-hydrogen) atoms. The number of halogens is 5. The van der Waals surface area contributed by atoms with Gasteiger partial charge in [-0.05, 0) is 112 Å². The third kappa shape index (κ3) is 5.73. The lowest BCUT2D eigenvalue weighted by Gasteiger charge is -2.45. The number of ether oxygens (including phenoxy) is 1. The maximum absolute atomic E-state index is 13.9. The standard InChI is InChI=1S/C29H33F5N2O2/c1-18(21-14-23(29(32,33)34)16-25(31)15-21)35-27(37)28(22-4-5-22)11-8-26(17-38-28)36-12-9-20(10-13-36)19-2-6-24(30)7-3-19/h2-3,6-7,14-16,18,20,22,26H,4-5,8-13,17H2,1H3,(H,35,37)/t18?,26-,28+/m1/s1. The molecule has 0 radical (unpaired) electrons. The number of likely N-dealkylation sites (tertiary alicyclic amines) is 1. The van der Waals surface area contributed by atoms with E-state index in [4.69, 9.17) is 4.74 Å². The molecule has 2 aromatic carbocycles. The number of benzene rings is 2. The SMILES string of the molecule is CC(NC(=O)[C@@]1(C2CC2)CC[C@@H](N2CCC(c3ccc(F)cc3)CC2)CO1)c1cc(F)cc(C(F)(F)F)c1. The number of carbonyl (C=O) groups is 1. The Morgan fingerprint density at radius 3 is 2.26 bits per heavy atom. The molecule has 0 aromatic heterocycles. The first-order valence-electron chi connectivity index (χ1n) is 13.4. The van der Waals surface area contributed by atoms with Gasteiger partial charge in [-0.2, -0.15) is 13.2 Å². The number of hydrogen-bond acceptors (Lipinski definition) is 3. The topological polar surface area (TPSA) is 41.6 Å². The Kier molecular flexibility index (Phi) is 7.52. The summed E-state index contributed by atoms with van der Waals surface area (Å²) in [4.78, 5) is 15.9. The van der Waals surface area contributed by atoms with E-state index in [9.17, 15) is 26.7 Å². The average molecular weight is 537 g/mol. The van der Waals surface area contributed by atoms with Crippen LogP contribution in [0.15, 0.2) is 42.5 Å². The molecule has 2 aromatic rings. The van der Waals surface area contributed by atoms with Crippen molar-refractivity contribution in [2.24, 2.45) is 5.92 Å². The van der Waals surface area contributed by atoms with E-state index in [1.165, 1.54) is 12.1 Å². The van der Waals surface area contributed by atoms with Gasteiger partial charge >= 0.3 is 6.18 Å². The monoisotopic (exact) mass is 536 g/mol. The van der Waals surface area contributed by atoms with E-state index in [1.807, 2.05) is 12.1 Å². The quantitative estimate of drug-likeness (QED) is 0.437. The van der Waals surface area contributed by atoms with E-state index in [-0.39, 0.29) is 29.2 Å². The molecule has 2 aliphatic heterocycles. The summed E-state index contributed by atoms with van der Waals surface area (Å²) in [7, 11) is 0. The van der Waals surface area contributed by atoms with Crippen molar-refractivity contribution in [2.45, 2.75) is 75.2 Å². The van der Waals surface area contributed by atoms with Crippen molar-refractivity contribution in [3.05, 3.63) is 70.8 Å². The fourth-order valence-corrected chi connectivity index (χ4v) is 6.07. The van der Waals surface area contributed by atoms with Gasteiger partial charge in [-0.25, -0.2) is 8.78 Å². The Bertz CT molecular complexity index is 1130. The summed E-state index contributed by atoms with van der Waals surface area (Å²) in [6, 6.07) is 8.47. The Balaban J connectivity index is 1.19. The first-order chi connectivity index (χ1) is 18.0. The number of piperidine rings is 1. The fraction of sp³-hybridized carbons (Fsp3) is 0.552. The van der Waals surface area contributed by atoms with Crippen LogP contribution >= 0.6 is 0 Å². The van der Waals surface area contributed by atoms with Gasteiger partial charge in [0.1, 0.15) is 17.2 Å². The molecule has 9 heteroatoms. The van der Waals surface area contributed by atoms with E-state index in [2.05, 4.69) is 10.2 Å². The Morgan fingerprint density at radius 2 is 1.68 bits per heavy atom. The third-order valence-corrected chi connectivity index (χ3v) is 8.49. The number of rotatable bonds is 6. The molecule has 3 aliphatic rings. The fourth-order valence-electron chi connectivity index (χ4n) is 6.07. The number of alkyl halides is 3. The summed E-state index contributed by atoms with van der Waals surface area (Å²) in [6.45, 7) is 3.77. The molecule has 1 aliphatic carbocycles. The summed E-state index contributed by atoms with van der Waals surface area (Å²) in [5.74, 6) is -1.08. The number of carbonyl (C=O) groups excluding carboxylic acids is 1. The molecule has 3 atom stereocenters. The van der Waals surface area contributed by atoms with Crippen LogP contribution in [0.25, 0.3) is 0 Å². The van der Waals surface area contributed by atoms with Crippen LogP contribution in [0.4, 0.5) is 22.0 Å². The number of nitrogens with zero attached hydrogens (tertiary/aromatic N) is 1. The summed E-state index contributed by atoms with van der Waals surface area (Å²) in [5, 5.41) is 2.82. The zero-order valence-electron chi connectivity index (χ0n) is 21.4. The lowest BCUT2D eigenvalue weighted by atomic mass is 9.84. The second-order valence-electron chi connectivity index (χ2n) is 11.0.